The van der Waals surface area contributed by atoms with Crippen molar-refractivity contribution in [3.63, 3.8) is 0 Å². The summed E-state index contributed by atoms with van der Waals surface area (Å²) in [5.41, 5.74) is 4.62. The molecule has 0 spiro atoms. The molecular formula is C28H26N8O3S. The largest absolute Gasteiger partial charge is 0.340 e. The van der Waals surface area contributed by atoms with Crippen molar-refractivity contribution in [2.24, 2.45) is 0 Å². The molecule has 0 aliphatic heterocycles. The van der Waals surface area contributed by atoms with Crippen molar-refractivity contribution in [2.45, 2.75) is 13.1 Å². The Balaban J connectivity index is 1.21. The van der Waals surface area contributed by atoms with E-state index in [-0.39, 0.29) is 12.3 Å². The summed E-state index contributed by atoms with van der Waals surface area (Å²) in [6, 6.07) is 22.0. The van der Waals surface area contributed by atoms with E-state index in [1.807, 2.05) is 65.5 Å². The smallest absolute Gasteiger partial charge is 0.240 e. The highest BCUT2D eigenvalue weighted by Gasteiger charge is 2.13. The highest BCUT2D eigenvalue weighted by atomic mass is 32.2. The second-order valence-corrected chi connectivity index (χ2v) is 11.7. The fraction of sp³-hybridized carbons (Fsp3) is 0.179. The van der Waals surface area contributed by atoms with Gasteiger partial charge in [0.25, 0.3) is 0 Å². The maximum absolute atomic E-state index is 11.3. The molecule has 0 atom stereocenters. The lowest BCUT2D eigenvalue weighted by Crippen LogP contribution is -2.22. The third kappa shape index (κ3) is 5.82. The molecule has 0 unspecified atom stereocenters. The highest BCUT2D eigenvalue weighted by molar-refractivity contribution is 7.90. The molecule has 0 saturated heterocycles. The van der Waals surface area contributed by atoms with E-state index in [0.717, 1.165) is 33.1 Å². The van der Waals surface area contributed by atoms with Gasteiger partial charge in [-0.05, 0) is 42.0 Å². The van der Waals surface area contributed by atoms with Crippen molar-refractivity contribution in [3.05, 3.63) is 90.7 Å². The van der Waals surface area contributed by atoms with Gasteiger partial charge in [-0.25, -0.2) is 18.4 Å². The van der Waals surface area contributed by atoms with Gasteiger partial charge in [0.1, 0.15) is 22.0 Å². The summed E-state index contributed by atoms with van der Waals surface area (Å²) in [7, 11) is -3.04. The van der Waals surface area contributed by atoms with E-state index < -0.39 is 9.84 Å². The number of hydrogen-bond donors (Lipinski definition) is 2. The van der Waals surface area contributed by atoms with Crippen LogP contribution in [0.4, 0.5) is 11.5 Å². The second-order valence-electron chi connectivity index (χ2n) is 9.46. The number of anilines is 2. The van der Waals surface area contributed by atoms with E-state index in [2.05, 4.69) is 48.0 Å². The van der Waals surface area contributed by atoms with E-state index in [9.17, 15) is 8.42 Å². The minimum absolute atomic E-state index is 0.0391. The Bertz CT molecular complexity index is 1900. The van der Waals surface area contributed by atoms with Crippen molar-refractivity contribution in [1.29, 1.82) is 0 Å². The molecule has 6 rings (SSSR count). The number of nitrogens with zero attached hydrogens (tertiary/aromatic N) is 6. The van der Waals surface area contributed by atoms with Crippen LogP contribution in [0, 0.1) is 0 Å². The summed E-state index contributed by atoms with van der Waals surface area (Å²) in [6.07, 6.45) is 4.59. The zero-order chi connectivity index (χ0) is 27.5. The molecule has 2 N–H and O–H groups in total. The van der Waals surface area contributed by atoms with Crippen LogP contribution in [-0.4, -0.2) is 56.9 Å². The lowest BCUT2D eigenvalue weighted by atomic mass is 10.1. The Morgan fingerprint density at radius 1 is 1.00 bits per heavy atom. The SMILES string of the molecule is CS(=O)(=O)CCNCc1nc(-c2ccc3ncnc(Nc4ccc5c(cnn5Cc5ccccc5)c4)c3c2)no1. The number of hydrogen-bond acceptors (Lipinski definition) is 10. The van der Waals surface area contributed by atoms with E-state index >= 15 is 0 Å². The predicted molar refractivity (Wildman–Crippen MR) is 153 cm³/mol. The van der Waals surface area contributed by atoms with E-state index in [1.165, 1.54) is 18.1 Å². The number of nitrogens with one attached hydrogen (secondary N) is 2. The van der Waals surface area contributed by atoms with Crippen LogP contribution >= 0.6 is 0 Å². The molecule has 3 heterocycles. The molecule has 6 aromatic rings. The van der Waals surface area contributed by atoms with Crippen LogP contribution in [0.5, 0.6) is 0 Å². The predicted octanol–water partition coefficient (Wildman–Crippen LogP) is 3.96. The lowest BCUT2D eigenvalue weighted by Gasteiger charge is -2.10. The third-order valence-corrected chi connectivity index (χ3v) is 7.31. The Morgan fingerprint density at radius 3 is 2.73 bits per heavy atom. The van der Waals surface area contributed by atoms with Gasteiger partial charge in [-0.3, -0.25) is 4.68 Å². The maximum Gasteiger partial charge on any atom is 0.240 e. The molecule has 0 amide bonds. The van der Waals surface area contributed by atoms with Crippen molar-refractivity contribution in [2.75, 3.05) is 23.9 Å². The maximum atomic E-state index is 11.3. The topological polar surface area (TPSA) is 141 Å². The average molecular weight is 555 g/mol. The fourth-order valence-electron chi connectivity index (χ4n) is 4.38. The number of aromatic nitrogens is 6. The minimum Gasteiger partial charge on any atom is -0.340 e. The zero-order valence-electron chi connectivity index (χ0n) is 21.7. The normalized spacial score (nSPS) is 11.8. The fourth-order valence-corrected chi connectivity index (χ4v) is 4.89. The summed E-state index contributed by atoms with van der Waals surface area (Å²) >= 11 is 0. The number of fused-ring (bicyclic) bond motifs is 2. The Hall–Kier alpha value is -4.68. The number of rotatable bonds is 10. The van der Waals surface area contributed by atoms with Crippen molar-refractivity contribution >= 4 is 43.1 Å². The van der Waals surface area contributed by atoms with Gasteiger partial charge < -0.3 is 15.2 Å². The first-order valence-corrected chi connectivity index (χ1v) is 14.7. The van der Waals surface area contributed by atoms with Crippen molar-refractivity contribution in [1.82, 2.24) is 35.2 Å². The molecule has 0 aliphatic carbocycles. The van der Waals surface area contributed by atoms with Gasteiger partial charge in [0.15, 0.2) is 0 Å². The first-order valence-electron chi connectivity index (χ1n) is 12.6. The highest BCUT2D eigenvalue weighted by Crippen LogP contribution is 2.29. The van der Waals surface area contributed by atoms with Crippen LogP contribution in [0.3, 0.4) is 0 Å². The summed E-state index contributed by atoms with van der Waals surface area (Å²) in [4.78, 5) is 13.3. The van der Waals surface area contributed by atoms with Crippen molar-refractivity contribution in [3.8, 4) is 11.4 Å². The molecule has 0 saturated carbocycles. The minimum atomic E-state index is -3.04. The molecule has 0 bridgehead atoms. The first kappa shape index (κ1) is 25.6. The summed E-state index contributed by atoms with van der Waals surface area (Å²) in [6.45, 7) is 1.28. The van der Waals surface area contributed by atoms with Crippen LogP contribution in [0.1, 0.15) is 11.5 Å². The van der Waals surface area contributed by atoms with E-state index in [0.29, 0.717) is 30.6 Å². The van der Waals surface area contributed by atoms with Gasteiger partial charge in [0.05, 0.1) is 36.1 Å². The molecule has 40 heavy (non-hydrogen) atoms. The molecule has 0 radical (unpaired) electrons. The van der Waals surface area contributed by atoms with E-state index in [4.69, 9.17) is 4.52 Å². The lowest BCUT2D eigenvalue weighted by molar-refractivity contribution is 0.369. The first-order chi connectivity index (χ1) is 19.4. The van der Waals surface area contributed by atoms with Gasteiger partial charge in [0, 0.05) is 34.8 Å². The quantitative estimate of drug-likeness (QED) is 0.239. The Labute approximate surface area is 230 Å². The summed E-state index contributed by atoms with van der Waals surface area (Å²) in [5.74, 6) is 1.47. The van der Waals surface area contributed by atoms with Crippen molar-refractivity contribution < 1.29 is 12.9 Å². The Kier molecular flexibility index (Phi) is 6.93. The van der Waals surface area contributed by atoms with Gasteiger partial charge in [0.2, 0.25) is 11.7 Å². The standard InChI is InChI=1S/C28H26N8O3S/c1-40(37,38)12-11-29-16-26-34-27(35-39-26)20-7-9-24-23(14-20)28(31-18-30-24)33-22-8-10-25-21(13-22)15-32-36(25)17-19-5-3-2-4-6-19/h2-10,13-15,18,29H,11-12,16-17H2,1H3,(H,30,31,33). The van der Waals surface area contributed by atoms with E-state index in [1.54, 1.807) is 0 Å². The monoisotopic (exact) mass is 554 g/mol. The van der Waals surface area contributed by atoms with Crippen LogP contribution in [0.25, 0.3) is 33.2 Å². The number of sulfone groups is 1. The summed E-state index contributed by atoms with van der Waals surface area (Å²) < 4.78 is 29.9. The third-order valence-electron chi connectivity index (χ3n) is 6.37. The second kappa shape index (κ2) is 10.8. The summed E-state index contributed by atoms with van der Waals surface area (Å²) in [5, 5.41) is 16.9. The van der Waals surface area contributed by atoms with Crippen LogP contribution in [-0.2, 0) is 22.9 Å². The molecule has 0 fully saturated rings. The van der Waals surface area contributed by atoms with Gasteiger partial charge >= 0.3 is 0 Å². The molecule has 12 heteroatoms. The zero-order valence-corrected chi connectivity index (χ0v) is 22.5. The number of benzene rings is 3. The molecular weight excluding hydrogens is 528 g/mol. The molecule has 0 aliphatic rings. The molecule has 3 aromatic heterocycles. The molecule has 202 valence electrons. The Morgan fingerprint density at radius 2 is 1.88 bits per heavy atom. The average Bonchev–Trinajstić information content (AvgIpc) is 3.58. The van der Waals surface area contributed by atoms with Gasteiger partial charge in [-0.2, -0.15) is 10.1 Å². The van der Waals surface area contributed by atoms with Crippen LogP contribution in [0.15, 0.2) is 83.8 Å². The van der Waals surface area contributed by atoms with Crippen LogP contribution < -0.4 is 10.6 Å². The van der Waals surface area contributed by atoms with Gasteiger partial charge in [-0.15, -0.1) is 0 Å². The molecule has 11 nitrogen and oxygen atoms in total. The van der Waals surface area contributed by atoms with Gasteiger partial charge in [-0.1, -0.05) is 35.5 Å². The van der Waals surface area contributed by atoms with Crippen LogP contribution in [0.2, 0.25) is 0 Å². The molecule has 3 aromatic carbocycles.